The van der Waals surface area contributed by atoms with Crippen LogP contribution >= 0.6 is 0 Å². The smallest absolute Gasteiger partial charge is 0.126 e. The summed E-state index contributed by atoms with van der Waals surface area (Å²) in [5.41, 5.74) is 8.37. The molecule has 1 aromatic heterocycles. The Kier molecular flexibility index (Phi) is 2.89. The van der Waals surface area contributed by atoms with Crippen LogP contribution in [0.25, 0.3) is 0 Å². The minimum atomic E-state index is 0.136. The van der Waals surface area contributed by atoms with E-state index in [2.05, 4.69) is 29.2 Å². The second kappa shape index (κ2) is 4.69. The van der Waals surface area contributed by atoms with Gasteiger partial charge in [0.2, 0.25) is 0 Å². The quantitative estimate of drug-likeness (QED) is 0.877. The number of aromatic nitrogens is 1. The van der Waals surface area contributed by atoms with Gasteiger partial charge in [-0.15, -0.1) is 0 Å². The Morgan fingerprint density at radius 1 is 1.22 bits per heavy atom. The maximum Gasteiger partial charge on any atom is 0.126 e. The molecule has 2 N–H and O–H groups in total. The molecule has 3 nitrogen and oxygen atoms in total. The molecule has 0 saturated carbocycles. The van der Waals surface area contributed by atoms with Gasteiger partial charge in [-0.2, -0.15) is 0 Å². The number of nitrogens with zero attached hydrogens (tertiary/aromatic N) is 1. The molecule has 0 fully saturated rings. The summed E-state index contributed by atoms with van der Waals surface area (Å²) < 4.78 is 6.04. The average Bonchev–Trinajstić information content (AvgIpc) is 2.39. The van der Waals surface area contributed by atoms with Crippen molar-refractivity contribution in [1.29, 1.82) is 0 Å². The number of benzene rings is 1. The van der Waals surface area contributed by atoms with Crippen LogP contribution in [0, 0.1) is 0 Å². The maximum absolute atomic E-state index is 6.04. The van der Waals surface area contributed by atoms with Gasteiger partial charge in [0.05, 0.1) is 0 Å². The van der Waals surface area contributed by atoms with Crippen LogP contribution in [0.2, 0.25) is 0 Å². The molecule has 0 spiro atoms. The predicted molar refractivity (Wildman–Crippen MR) is 71.4 cm³/mol. The van der Waals surface area contributed by atoms with Gasteiger partial charge >= 0.3 is 0 Å². The summed E-state index contributed by atoms with van der Waals surface area (Å²) in [4.78, 5) is 3.98. The van der Waals surface area contributed by atoms with Crippen LogP contribution in [0.5, 0.6) is 5.75 Å². The Balaban J connectivity index is 1.86. The number of nitrogens with two attached hydrogens (primary N) is 1. The summed E-state index contributed by atoms with van der Waals surface area (Å²) >= 11 is 0. The Bertz CT molecular complexity index is 554. The SMILES string of the molecule is Nc1cc(OC2CCCc3ccccc32)ccn1. The van der Waals surface area contributed by atoms with Crippen LogP contribution < -0.4 is 10.5 Å². The van der Waals surface area contributed by atoms with Crippen molar-refractivity contribution >= 4 is 5.82 Å². The van der Waals surface area contributed by atoms with Gasteiger partial charge in [-0.25, -0.2) is 4.98 Å². The first-order chi connectivity index (χ1) is 8.83. The van der Waals surface area contributed by atoms with Crippen LogP contribution in [0.15, 0.2) is 42.6 Å². The van der Waals surface area contributed by atoms with Crippen LogP contribution in [0.4, 0.5) is 5.82 Å². The van der Waals surface area contributed by atoms with E-state index in [9.17, 15) is 0 Å². The van der Waals surface area contributed by atoms with E-state index in [1.165, 1.54) is 17.5 Å². The summed E-state index contributed by atoms with van der Waals surface area (Å²) in [6.07, 6.45) is 5.19. The molecule has 3 rings (SSSR count). The van der Waals surface area contributed by atoms with E-state index in [0.717, 1.165) is 18.6 Å². The van der Waals surface area contributed by atoms with E-state index in [0.29, 0.717) is 5.82 Å². The Hall–Kier alpha value is -2.03. The molecule has 3 heteroatoms. The zero-order valence-corrected chi connectivity index (χ0v) is 10.2. The highest BCUT2D eigenvalue weighted by Gasteiger charge is 2.21. The first-order valence-corrected chi connectivity index (χ1v) is 6.29. The van der Waals surface area contributed by atoms with Crippen molar-refractivity contribution in [2.75, 3.05) is 5.73 Å². The number of aryl methyl sites for hydroxylation is 1. The van der Waals surface area contributed by atoms with Gasteiger partial charge in [0.25, 0.3) is 0 Å². The van der Waals surface area contributed by atoms with Crippen molar-refractivity contribution in [1.82, 2.24) is 4.98 Å². The summed E-state index contributed by atoms with van der Waals surface area (Å²) in [7, 11) is 0. The number of pyridine rings is 1. The van der Waals surface area contributed by atoms with Crippen molar-refractivity contribution in [2.45, 2.75) is 25.4 Å². The van der Waals surface area contributed by atoms with Crippen molar-refractivity contribution in [3.05, 3.63) is 53.7 Å². The summed E-state index contributed by atoms with van der Waals surface area (Å²) in [6.45, 7) is 0. The molecule has 18 heavy (non-hydrogen) atoms. The first-order valence-electron chi connectivity index (χ1n) is 6.29. The lowest BCUT2D eigenvalue weighted by atomic mass is 9.89. The van der Waals surface area contributed by atoms with E-state index in [1.54, 1.807) is 12.3 Å². The van der Waals surface area contributed by atoms with Crippen molar-refractivity contribution in [3.63, 3.8) is 0 Å². The van der Waals surface area contributed by atoms with Crippen LogP contribution in [0.3, 0.4) is 0 Å². The van der Waals surface area contributed by atoms with Gasteiger partial charge in [0.1, 0.15) is 17.7 Å². The number of anilines is 1. The van der Waals surface area contributed by atoms with Gasteiger partial charge in [0.15, 0.2) is 0 Å². The molecule has 0 bridgehead atoms. The molecule has 0 amide bonds. The van der Waals surface area contributed by atoms with E-state index >= 15 is 0 Å². The fraction of sp³-hybridized carbons (Fsp3) is 0.267. The van der Waals surface area contributed by atoms with E-state index in [-0.39, 0.29) is 6.10 Å². The normalized spacial score (nSPS) is 18.1. The zero-order chi connectivity index (χ0) is 12.4. The highest BCUT2D eigenvalue weighted by atomic mass is 16.5. The summed E-state index contributed by atoms with van der Waals surface area (Å²) in [5, 5.41) is 0. The van der Waals surface area contributed by atoms with Crippen molar-refractivity contribution in [2.24, 2.45) is 0 Å². The summed E-state index contributed by atoms with van der Waals surface area (Å²) in [5.74, 6) is 1.29. The van der Waals surface area contributed by atoms with Gasteiger partial charge in [-0.3, -0.25) is 0 Å². The number of hydrogen-bond acceptors (Lipinski definition) is 3. The lowest BCUT2D eigenvalue weighted by molar-refractivity contribution is 0.183. The van der Waals surface area contributed by atoms with Crippen LogP contribution in [-0.4, -0.2) is 4.98 Å². The van der Waals surface area contributed by atoms with E-state index in [4.69, 9.17) is 10.5 Å². The summed E-state index contributed by atoms with van der Waals surface area (Å²) in [6, 6.07) is 12.1. The molecular formula is C15H16N2O. The lowest BCUT2D eigenvalue weighted by Crippen LogP contribution is -2.15. The predicted octanol–water partition coefficient (Wildman–Crippen LogP) is 3.12. The van der Waals surface area contributed by atoms with Gasteiger partial charge in [-0.05, 0) is 36.5 Å². The molecule has 1 aliphatic rings. The Labute approximate surface area is 107 Å². The van der Waals surface area contributed by atoms with Gasteiger partial charge in [-0.1, -0.05) is 24.3 Å². The third-order valence-corrected chi connectivity index (χ3v) is 3.35. The number of fused-ring (bicyclic) bond motifs is 1. The highest BCUT2D eigenvalue weighted by molar-refractivity contribution is 5.37. The van der Waals surface area contributed by atoms with Crippen molar-refractivity contribution in [3.8, 4) is 5.75 Å². The fourth-order valence-corrected chi connectivity index (χ4v) is 2.50. The number of ether oxygens (including phenoxy) is 1. The van der Waals surface area contributed by atoms with E-state index < -0.39 is 0 Å². The van der Waals surface area contributed by atoms with E-state index in [1.807, 2.05) is 6.07 Å². The topological polar surface area (TPSA) is 48.1 Å². The zero-order valence-electron chi connectivity index (χ0n) is 10.2. The second-order valence-electron chi connectivity index (χ2n) is 4.61. The molecule has 2 aromatic rings. The molecule has 1 unspecified atom stereocenters. The molecule has 1 atom stereocenters. The monoisotopic (exact) mass is 240 g/mol. The van der Waals surface area contributed by atoms with Crippen LogP contribution in [0.1, 0.15) is 30.1 Å². The maximum atomic E-state index is 6.04. The molecule has 92 valence electrons. The van der Waals surface area contributed by atoms with Gasteiger partial charge < -0.3 is 10.5 Å². The molecule has 1 aromatic carbocycles. The fourth-order valence-electron chi connectivity index (χ4n) is 2.50. The molecule has 1 heterocycles. The standard InChI is InChI=1S/C15H16N2O/c16-15-10-12(8-9-17-15)18-14-7-3-5-11-4-1-2-6-13(11)14/h1-2,4,6,8-10,14H,3,5,7H2,(H2,16,17). The Morgan fingerprint density at radius 2 is 2.11 bits per heavy atom. The number of rotatable bonds is 2. The Morgan fingerprint density at radius 3 is 3.00 bits per heavy atom. The third-order valence-electron chi connectivity index (χ3n) is 3.35. The largest absolute Gasteiger partial charge is 0.486 e. The number of nitrogen functional groups attached to an aromatic ring is 1. The molecule has 1 aliphatic carbocycles. The third kappa shape index (κ3) is 2.16. The molecule has 0 radical (unpaired) electrons. The highest BCUT2D eigenvalue weighted by Crippen LogP contribution is 2.33. The average molecular weight is 240 g/mol. The first kappa shape index (κ1) is 11.1. The van der Waals surface area contributed by atoms with Crippen LogP contribution in [-0.2, 0) is 6.42 Å². The lowest BCUT2D eigenvalue weighted by Gasteiger charge is -2.26. The van der Waals surface area contributed by atoms with Crippen molar-refractivity contribution < 1.29 is 4.74 Å². The second-order valence-corrected chi connectivity index (χ2v) is 4.61. The minimum Gasteiger partial charge on any atom is -0.486 e. The number of hydrogen-bond donors (Lipinski definition) is 1. The van der Waals surface area contributed by atoms with Gasteiger partial charge in [0, 0.05) is 12.3 Å². The molecule has 0 aliphatic heterocycles. The molecular weight excluding hydrogens is 224 g/mol. The molecule has 0 saturated heterocycles. The minimum absolute atomic E-state index is 0.136.